The summed E-state index contributed by atoms with van der Waals surface area (Å²) in [5, 5.41) is 11.6. The average molecular weight is 377 g/mol. The molecule has 28 heavy (non-hydrogen) atoms. The molecule has 0 aliphatic heterocycles. The number of hydrogen-bond acceptors (Lipinski definition) is 5. The zero-order chi connectivity index (χ0) is 20.3. The van der Waals surface area contributed by atoms with Crippen LogP contribution in [0.1, 0.15) is 41.5 Å². The third kappa shape index (κ3) is 3.96. The first-order chi connectivity index (χ1) is 13.4. The van der Waals surface area contributed by atoms with Gasteiger partial charge in [-0.05, 0) is 51.1 Å². The van der Waals surface area contributed by atoms with E-state index in [1.165, 1.54) is 6.92 Å². The number of nitrogens with one attached hydrogen (secondary N) is 2. The van der Waals surface area contributed by atoms with E-state index in [1.807, 2.05) is 18.2 Å². The Hall–Kier alpha value is -3.41. The summed E-state index contributed by atoms with van der Waals surface area (Å²) in [7, 11) is 0. The minimum Gasteiger partial charge on any atom is -0.438 e. The van der Waals surface area contributed by atoms with Gasteiger partial charge in [0.1, 0.15) is 11.1 Å². The van der Waals surface area contributed by atoms with Gasteiger partial charge in [-0.15, -0.1) is 0 Å². The molecule has 1 amide bonds. The molecule has 1 aromatic heterocycles. The Balaban J connectivity index is 1.92. The Kier molecular flexibility index (Phi) is 5.59. The third-order valence-corrected chi connectivity index (χ3v) is 4.65. The number of anilines is 2. The van der Waals surface area contributed by atoms with E-state index >= 15 is 0 Å². The summed E-state index contributed by atoms with van der Waals surface area (Å²) in [6.07, 6.45) is 0. The molecule has 144 valence electrons. The molecule has 0 saturated carbocycles. The van der Waals surface area contributed by atoms with Gasteiger partial charge >= 0.3 is 0 Å². The van der Waals surface area contributed by atoms with Crippen LogP contribution in [0.15, 0.2) is 52.9 Å². The third-order valence-electron chi connectivity index (χ3n) is 4.65. The molecule has 0 aliphatic rings. The SMILES string of the molecule is CCN(CC)c1ccc2cc(C(=O)Nc3cccc(C(C)=O)c3)c(=N)oc2c1. The monoisotopic (exact) mass is 377 g/mol. The second kappa shape index (κ2) is 8.08. The Bertz CT molecular complexity index is 1100. The molecule has 0 unspecified atom stereocenters. The number of fused-ring (bicyclic) bond motifs is 1. The number of carbonyl (C=O) groups is 2. The first-order valence-electron chi connectivity index (χ1n) is 9.22. The lowest BCUT2D eigenvalue weighted by Gasteiger charge is -2.21. The highest BCUT2D eigenvalue weighted by Gasteiger charge is 2.13. The average Bonchev–Trinajstić information content (AvgIpc) is 2.68. The molecule has 6 nitrogen and oxygen atoms in total. The second-order valence-corrected chi connectivity index (χ2v) is 6.47. The van der Waals surface area contributed by atoms with Crippen LogP contribution in [0.2, 0.25) is 0 Å². The fourth-order valence-corrected chi connectivity index (χ4v) is 3.09. The van der Waals surface area contributed by atoms with Gasteiger partial charge in [-0.25, -0.2) is 0 Å². The number of benzene rings is 2. The molecule has 0 atom stereocenters. The summed E-state index contributed by atoms with van der Waals surface area (Å²) in [6.45, 7) is 7.37. The van der Waals surface area contributed by atoms with Gasteiger partial charge in [-0.3, -0.25) is 15.0 Å². The highest BCUT2D eigenvalue weighted by Crippen LogP contribution is 2.22. The van der Waals surface area contributed by atoms with Gasteiger partial charge in [0.2, 0.25) is 5.55 Å². The number of nitrogens with zero attached hydrogens (tertiary/aromatic N) is 1. The molecule has 2 aromatic carbocycles. The van der Waals surface area contributed by atoms with Crippen LogP contribution in [-0.4, -0.2) is 24.8 Å². The van der Waals surface area contributed by atoms with Gasteiger partial charge in [0, 0.05) is 41.5 Å². The molecule has 0 aliphatic carbocycles. The smallest absolute Gasteiger partial charge is 0.261 e. The number of rotatable bonds is 6. The number of Topliss-reactive ketones (excluding diaryl/α,β-unsaturated/α-hetero) is 1. The number of amides is 1. The van der Waals surface area contributed by atoms with Gasteiger partial charge < -0.3 is 14.6 Å². The zero-order valence-corrected chi connectivity index (χ0v) is 16.2. The van der Waals surface area contributed by atoms with Crippen LogP contribution in [0.4, 0.5) is 11.4 Å². The van der Waals surface area contributed by atoms with E-state index in [0.717, 1.165) is 24.2 Å². The molecule has 6 heteroatoms. The minimum absolute atomic E-state index is 0.0815. The predicted octanol–water partition coefficient (Wildman–Crippen LogP) is 4.21. The van der Waals surface area contributed by atoms with Crippen LogP contribution in [-0.2, 0) is 0 Å². The van der Waals surface area contributed by atoms with Crippen LogP contribution < -0.4 is 15.8 Å². The van der Waals surface area contributed by atoms with Crippen LogP contribution in [0, 0.1) is 5.41 Å². The van der Waals surface area contributed by atoms with Crippen molar-refractivity contribution in [2.75, 3.05) is 23.3 Å². The topological polar surface area (TPSA) is 86.4 Å². The first-order valence-corrected chi connectivity index (χ1v) is 9.22. The zero-order valence-electron chi connectivity index (χ0n) is 16.2. The molecule has 3 aromatic rings. The quantitative estimate of drug-likeness (QED) is 0.630. The summed E-state index contributed by atoms with van der Waals surface area (Å²) in [5.41, 5.74) is 2.51. The molecule has 0 saturated heterocycles. The number of ketones is 1. The maximum atomic E-state index is 12.6. The van der Waals surface area contributed by atoms with Crippen molar-refractivity contribution in [3.8, 4) is 0 Å². The minimum atomic E-state index is -0.454. The molecule has 2 N–H and O–H groups in total. The predicted molar refractivity (Wildman–Crippen MR) is 110 cm³/mol. The summed E-state index contributed by atoms with van der Waals surface area (Å²) < 4.78 is 5.62. The van der Waals surface area contributed by atoms with Gasteiger partial charge in [0.25, 0.3) is 5.91 Å². The second-order valence-electron chi connectivity index (χ2n) is 6.47. The highest BCUT2D eigenvalue weighted by atomic mass is 16.3. The van der Waals surface area contributed by atoms with Gasteiger partial charge in [-0.1, -0.05) is 12.1 Å². The maximum absolute atomic E-state index is 12.6. The Labute approximate surface area is 163 Å². The van der Waals surface area contributed by atoms with E-state index in [0.29, 0.717) is 16.8 Å². The molecule has 3 rings (SSSR count). The van der Waals surface area contributed by atoms with E-state index < -0.39 is 5.91 Å². The molecular formula is C22H23N3O3. The number of carbonyl (C=O) groups excluding carboxylic acids is 2. The van der Waals surface area contributed by atoms with Crippen LogP contribution in [0.3, 0.4) is 0 Å². The molecule has 0 bridgehead atoms. The van der Waals surface area contributed by atoms with Crippen molar-refractivity contribution < 1.29 is 14.0 Å². The summed E-state index contributed by atoms with van der Waals surface area (Å²) in [4.78, 5) is 26.3. The van der Waals surface area contributed by atoms with Crippen molar-refractivity contribution >= 4 is 34.0 Å². The van der Waals surface area contributed by atoms with E-state index in [-0.39, 0.29) is 16.9 Å². The van der Waals surface area contributed by atoms with Crippen molar-refractivity contribution in [3.05, 3.63) is 65.2 Å². The molecule has 0 fully saturated rings. The Morgan fingerprint density at radius 3 is 2.50 bits per heavy atom. The lowest BCUT2D eigenvalue weighted by molar-refractivity contribution is 0.100. The number of hydrogen-bond donors (Lipinski definition) is 2. The fraction of sp³-hybridized carbons (Fsp3) is 0.227. The van der Waals surface area contributed by atoms with Crippen molar-refractivity contribution in [1.82, 2.24) is 0 Å². The van der Waals surface area contributed by atoms with Crippen molar-refractivity contribution in [3.63, 3.8) is 0 Å². The van der Waals surface area contributed by atoms with Gasteiger partial charge in [0.05, 0.1) is 0 Å². The van der Waals surface area contributed by atoms with E-state index in [9.17, 15) is 9.59 Å². The molecular weight excluding hydrogens is 354 g/mol. The van der Waals surface area contributed by atoms with Gasteiger partial charge in [0.15, 0.2) is 5.78 Å². The summed E-state index contributed by atoms with van der Waals surface area (Å²) >= 11 is 0. The summed E-state index contributed by atoms with van der Waals surface area (Å²) in [5.74, 6) is -0.536. The lowest BCUT2D eigenvalue weighted by Crippen LogP contribution is -2.22. The van der Waals surface area contributed by atoms with E-state index in [2.05, 4.69) is 24.1 Å². The normalized spacial score (nSPS) is 10.7. The van der Waals surface area contributed by atoms with E-state index in [4.69, 9.17) is 9.83 Å². The van der Waals surface area contributed by atoms with Crippen molar-refractivity contribution in [2.45, 2.75) is 20.8 Å². The standard InChI is InChI=1S/C22H23N3O3/c1-4-25(5-2)18-10-9-16-12-19(21(23)28-20(16)13-18)22(27)24-17-8-6-7-15(11-17)14(3)26/h6-13,23H,4-5H2,1-3H3,(H,24,27). The summed E-state index contributed by atoms with van der Waals surface area (Å²) in [6, 6.07) is 14.1. The highest BCUT2D eigenvalue weighted by molar-refractivity contribution is 6.06. The van der Waals surface area contributed by atoms with Crippen LogP contribution in [0.25, 0.3) is 11.0 Å². The first kappa shape index (κ1) is 19.4. The van der Waals surface area contributed by atoms with Crippen molar-refractivity contribution in [2.24, 2.45) is 0 Å². The molecule has 0 spiro atoms. The maximum Gasteiger partial charge on any atom is 0.261 e. The Morgan fingerprint density at radius 1 is 1.07 bits per heavy atom. The molecule has 1 heterocycles. The Morgan fingerprint density at radius 2 is 1.82 bits per heavy atom. The molecule has 0 radical (unpaired) electrons. The fourth-order valence-electron chi connectivity index (χ4n) is 3.09. The van der Waals surface area contributed by atoms with Gasteiger partial charge in [-0.2, -0.15) is 0 Å². The van der Waals surface area contributed by atoms with Crippen LogP contribution in [0.5, 0.6) is 0 Å². The lowest BCUT2D eigenvalue weighted by atomic mass is 10.1. The van der Waals surface area contributed by atoms with Crippen molar-refractivity contribution in [1.29, 1.82) is 5.41 Å². The largest absolute Gasteiger partial charge is 0.438 e. The van der Waals surface area contributed by atoms with Crippen LogP contribution >= 0.6 is 0 Å². The van der Waals surface area contributed by atoms with E-state index in [1.54, 1.807) is 30.3 Å².